The molecule has 116 valence electrons. The number of pyridine rings is 1. The van der Waals surface area contributed by atoms with Crippen LogP contribution in [-0.2, 0) is 19.4 Å². The fourth-order valence-electron chi connectivity index (χ4n) is 2.83. The van der Waals surface area contributed by atoms with E-state index in [4.69, 9.17) is 0 Å². The summed E-state index contributed by atoms with van der Waals surface area (Å²) in [4.78, 5) is 6.97. The maximum absolute atomic E-state index is 9.18. The second-order valence-corrected chi connectivity index (χ2v) is 5.72. The smallest absolute Gasteiger partial charge is 0.0681 e. The number of rotatable bonds is 5. The van der Waals surface area contributed by atoms with E-state index in [2.05, 4.69) is 39.5 Å². The molecule has 0 spiro atoms. The number of piperazine rings is 1. The number of anilines is 1. The number of aliphatic hydroxyl groups excluding tert-OH is 1. The summed E-state index contributed by atoms with van der Waals surface area (Å²) in [6, 6.07) is 12.4. The minimum atomic E-state index is 0.103. The number of aromatic nitrogens is 1. The van der Waals surface area contributed by atoms with Crippen molar-refractivity contribution in [3.8, 4) is 0 Å². The van der Waals surface area contributed by atoms with E-state index in [-0.39, 0.29) is 6.61 Å². The van der Waals surface area contributed by atoms with Crippen LogP contribution < -0.4 is 10.2 Å². The zero-order valence-electron chi connectivity index (χ0n) is 12.8. The van der Waals surface area contributed by atoms with Gasteiger partial charge in [0.05, 0.1) is 18.5 Å². The lowest BCUT2D eigenvalue weighted by Crippen LogP contribution is -2.43. The number of aliphatic hydroxyl groups is 1. The molecule has 2 heterocycles. The third kappa shape index (κ3) is 3.84. The lowest BCUT2D eigenvalue weighted by atomic mass is 10.1. The van der Waals surface area contributed by atoms with Gasteiger partial charge in [0.2, 0.25) is 0 Å². The van der Waals surface area contributed by atoms with Gasteiger partial charge in [-0.3, -0.25) is 4.98 Å². The summed E-state index contributed by atoms with van der Waals surface area (Å²) in [7, 11) is 0. The quantitative estimate of drug-likeness (QED) is 0.883. The molecule has 1 saturated heterocycles. The fraction of sp³-hybridized carbons (Fsp3) is 0.389. The van der Waals surface area contributed by atoms with Gasteiger partial charge in [-0.15, -0.1) is 0 Å². The minimum absolute atomic E-state index is 0.103. The summed E-state index contributed by atoms with van der Waals surface area (Å²) in [6.07, 6.45) is 3.87. The Morgan fingerprint density at radius 3 is 2.59 bits per heavy atom. The van der Waals surface area contributed by atoms with Crippen molar-refractivity contribution in [1.82, 2.24) is 10.3 Å². The molecule has 1 aromatic heterocycles. The van der Waals surface area contributed by atoms with Crippen molar-refractivity contribution in [3.05, 3.63) is 59.4 Å². The zero-order chi connectivity index (χ0) is 15.2. The van der Waals surface area contributed by atoms with Gasteiger partial charge in [0.25, 0.3) is 0 Å². The van der Waals surface area contributed by atoms with E-state index in [1.165, 1.54) is 11.3 Å². The van der Waals surface area contributed by atoms with E-state index in [1.807, 2.05) is 18.3 Å². The molecular weight excluding hydrogens is 274 g/mol. The first-order chi connectivity index (χ1) is 10.8. The second kappa shape index (κ2) is 7.38. The van der Waals surface area contributed by atoms with Crippen molar-refractivity contribution in [2.45, 2.75) is 19.4 Å². The van der Waals surface area contributed by atoms with E-state index in [0.717, 1.165) is 50.3 Å². The summed E-state index contributed by atoms with van der Waals surface area (Å²) < 4.78 is 0. The highest BCUT2D eigenvalue weighted by Crippen LogP contribution is 2.15. The molecule has 0 radical (unpaired) electrons. The maximum Gasteiger partial charge on any atom is 0.0681 e. The van der Waals surface area contributed by atoms with Crippen LogP contribution in [0.15, 0.2) is 42.6 Å². The van der Waals surface area contributed by atoms with E-state index in [0.29, 0.717) is 0 Å². The first-order valence-electron chi connectivity index (χ1n) is 7.94. The standard InChI is InChI=1S/C18H23N3O/c22-14-16-3-1-2-15(12-16)4-5-17-6-7-18(13-20-17)21-10-8-19-9-11-21/h1-3,6-7,12-13,19,22H,4-5,8-11,14H2. The van der Waals surface area contributed by atoms with Gasteiger partial charge < -0.3 is 15.3 Å². The van der Waals surface area contributed by atoms with Gasteiger partial charge in [0.1, 0.15) is 0 Å². The number of nitrogens with one attached hydrogen (secondary N) is 1. The van der Waals surface area contributed by atoms with E-state index < -0.39 is 0 Å². The lowest BCUT2D eigenvalue weighted by molar-refractivity contribution is 0.281. The lowest BCUT2D eigenvalue weighted by Gasteiger charge is -2.29. The molecular formula is C18H23N3O. The summed E-state index contributed by atoms with van der Waals surface area (Å²) in [5.41, 5.74) is 4.56. The Kier molecular flexibility index (Phi) is 5.03. The molecule has 4 heteroatoms. The summed E-state index contributed by atoms with van der Waals surface area (Å²) in [6.45, 7) is 4.29. The van der Waals surface area contributed by atoms with Crippen LogP contribution in [0.3, 0.4) is 0 Å². The van der Waals surface area contributed by atoms with Crippen molar-refractivity contribution in [2.24, 2.45) is 0 Å². The second-order valence-electron chi connectivity index (χ2n) is 5.72. The average molecular weight is 297 g/mol. The minimum Gasteiger partial charge on any atom is -0.392 e. The molecule has 4 nitrogen and oxygen atoms in total. The number of nitrogens with zero attached hydrogens (tertiary/aromatic N) is 2. The molecule has 1 aliphatic heterocycles. The van der Waals surface area contributed by atoms with Crippen molar-refractivity contribution in [3.63, 3.8) is 0 Å². The fourth-order valence-corrected chi connectivity index (χ4v) is 2.83. The molecule has 2 aromatic rings. The molecule has 0 atom stereocenters. The van der Waals surface area contributed by atoms with Crippen LogP contribution in [0.1, 0.15) is 16.8 Å². The van der Waals surface area contributed by atoms with Gasteiger partial charge in [0.15, 0.2) is 0 Å². The first kappa shape index (κ1) is 15.0. The van der Waals surface area contributed by atoms with Gasteiger partial charge in [-0.25, -0.2) is 0 Å². The van der Waals surface area contributed by atoms with E-state index in [1.54, 1.807) is 0 Å². The highest BCUT2D eigenvalue weighted by Gasteiger charge is 2.10. The number of aryl methyl sites for hydroxylation is 2. The maximum atomic E-state index is 9.18. The predicted molar refractivity (Wildman–Crippen MR) is 89.1 cm³/mol. The normalized spacial score (nSPS) is 15.0. The Balaban J connectivity index is 1.58. The molecule has 0 aliphatic carbocycles. The van der Waals surface area contributed by atoms with Crippen LogP contribution in [0, 0.1) is 0 Å². The van der Waals surface area contributed by atoms with Gasteiger partial charge in [-0.05, 0) is 36.1 Å². The Morgan fingerprint density at radius 2 is 1.86 bits per heavy atom. The largest absolute Gasteiger partial charge is 0.392 e. The van der Waals surface area contributed by atoms with Crippen molar-refractivity contribution in [2.75, 3.05) is 31.1 Å². The van der Waals surface area contributed by atoms with Crippen LogP contribution >= 0.6 is 0 Å². The molecule has 1 fully saturated rings. The Morgan fingerprint density at radius 1 is 1.05 bits per heavy atom. The zero-order valence-corrected chi connectivity index (χ0v) is 12.8. The third-order valence-corrected chi connectivity index (χ3v) is 4.14. The molecule has 1 aliphatic rings. The molecule has 3 rings (SSSR count). The van der Waals surface area contributed by atoms with Crippen LogP contribution in [0.25, 0.3) is 0 Å². The molecule has 2 N–H and O–H groups in total. The van der Waals surface area contributed by atoms with E-state index >= 15 is 0 Å². The van der Waals surface area contributed by atoms with Crippen LogP contribution in [0.5, 0.6) is 0 Å². The number of hydrogen-bond acceptors (Lipinski definition) is 4. The predicted octanol–water partition coefficient (Wildman–Crippen LogP) is 1.77. The van der Waals surface area contributed by atoms with Crippen molar-refractivity contribution >= 4 is 5.69 Å². The monoisotopic (exact) mass is 297 g/mol. The topological polar surface area (TPSA) is 48.4 Å². The Bertz CT molecular complexity index is 592. The molecule has 22 heavy (non-hydrogen) atoms. The SMILES string of the molecule is OCc1cccc(CCc2ccc(N3CCNCC3)cn2)c1. The molecule has 0 saturated carbocycles. The average Bonchev–Trinajstić information content (AvgIpc) is 2.61. The Labute approximate surface area is 131 Å². The summed E-state index contributed by atoms with van der Waals surface area (Å²) >= 11 is 0. The first-order valence-corrected chi connectivity index (χ1v) is 7.94. The molecule has 0 unspecified atom stereocenters. The third-order valence-electron chi connectivity index (χ3n) is 4.14. The highest BCUT2D eigenvalue weighted by molar-refractivity contribution is 5.45. The van der Waals surface area contributed by atoms with Gasteiger partial charge in [0, 0.05) is 31.9 Å². The summed E-state index contributed by atoms with van der Waals surface area (Å²) in [5, 5.41) is 12.5. The van der Waals surface area contributed by atoms with Crippen LogP contribution in [0.2, 0.25) is 0 Å². The molecule has 0 bridgehead atoms. The van der Waals surface area contributed by atoms with Gasteiger partial charge in [-0.1, -0.05) is 24.3 Å². The number of benzene rings is 1. The van der Waals surface area contributed by atoms with E-state index in [9.17, 15) is 5.11 Å². The molecule has 0 amide bonds. The summed E-state index contributed by atoms with van der Waals surface area (Å²) in [5.74, 6) is 0. The Hall–Kier alpha value is -1.91. The number of hydrogen-bond donors (Lipinski definition) is 2. The van der Waals surface area contributed by atoms with Crippen LogP contribution in [0.4, 0.5) is 5.69 Å². The molecule has 1 aromatic carbocycles. The van der Waals surface area contributed by atoms with Gasteiger partial charge in [-0.2, -0.15) is 0 Å². The van der Waals surface area contributed by atoms with Crippen LogP contribution in [-0.4, -0.2) is 36.3 Å². The van der Waals surface area contributed by atoms with Gasteiger partial charge >= 0.3 is 0 Å². The van der Waals surface area contributed by atoms with Crippen molar-refractivity contribution < 1.29 is 5.11 Å². The van der Waals surface area contributed by atoms with Crippen molar-refractivity contribution in [1.29, 1.82) is 0 Å². The highest BCUT2D eigenvalue weighted by atomic mass is 16.3.